The molecule has 1 aromatic carbocycles. The summed E-state index contributed by atoms with van der Waals surface area (Å²) >= 11 is 3.34. The SMILES string of the molecule is COC(CC1CCN(c2c(C)cc(Br)cc2F)CC1)OC. The Kier molecular flexibility index (Phi) is 6.02. The zero-order valence-electron chi connectivity index (χ0n) is 12.9. The normalized spacial score (nSPS) is 16.8. The summed E-state index contributed by atoms with van der Waals surface area (Å²) in [6.07, 6.45) is 2.85. The van der Waals surface area contributed by atoms with Crippen molar-refractivity contribution in [3.63, 3.8) is 0 Å². The van der Waals surface area contributed by atoms with Crippen molar-refractivity contribution in [2.45, 2.75) is 32.5 Å². The third-order valence-corrected chi connectivity index (χ3v) is 4.66. The van der Waals surface area contributed by atoms with Crippen LogP contribution in [0.2, 0.25) is 0 Å². The Hall–Kier alpha value is -0.650. The molecule has 0 N–H and O–H groups in total. The Morgan fingerprint density at radius 1 is 1.29 bits per heavy atom. The monoisotopic (exact) mass is 359 g/mol. The molecule has 5 heteroatoms. The Balaban J connectivity index is 1.98. The Morgan fingerprint density at radius 2 is 1.90 bits per heavy atom. The van der Waals surface area contributed by atoms with Crippen LogP contribution in [0.15, 0.2) is 16.6 Å². The number of ether oxygens (including phenoxy) is 2. The van der Waals surface area contributed by atoms with Crippen molar-refractivity contribution in [2.24, 2.45) is 5.92 Å². The molecule has 1 fully saturated rings. The van der Waals surface area contributed by atoms with Crippen LogP contribution in [0.4, 0.5) is 10.1 Å². The number of hydrogen-bond donors (Lipinski definition) is 0. The molecule has 0 saturated carbocycles. The number of nitrogens with zero attached hydrogens (tertiary/aromatic N) is 1. The van der Waals surface area contributed by atoms with Crippen molar-refractivity contribution < 1.29 is 13.9 Å². The molecule has 0 unspecified atom stereocenters. The fraction of sp³-hybridized carbons (Fsp3) is 0.625. The number of methoxy groups -OCH3 is 2. The zero-order chi connectivity index (χ0) is 15.4. The lowest BCUT2D eigenvalue weighted by Gasteiger charge is -2.35. The number of hydrogen-bond acceptors (Lipinski definition) is 3. The van der Waals surface area contributed by atoms with E-state index in [9.17, 15) is 4.39 Å². The van der Waals surface area contributed by atoms with Gasteiger partial charge in [-0.1, -0.05) is 15.9 Å². The molecule has 0 bridgehead atoms. The first-order valence-electron chi connectivity index (χ1n) is 7.31. The number of rotatable bonds is 5. The molecule has 1 aliphatic heterocycles. The summed E-state index contributed by atoms with van der Waals surface area (Å²) in [4.78, 5) is 2.15. The minimum Gasteiger partial charge on any atom is -0.369 e. The van der Waals surface area contributed by atoms with E-state index in [-0.39, 0.29) is 12.1 Å². The highest BCUT2D eigenvalue weighted by Gasteiger charge is 2.24. The first kappa shape index (κ1) is 16.7. The van der Waals surface area contributed by atoms with Gasteiger partial charge in [0.2, 0.25) is 0 Å². The number of aryl methyl sites for hydroxylation is 1. The largest absolute Gasteiger partial charge is 0.369 e. The zero-order valence-corrected chi connectivity index (χ0v) is 14.5. The molecule has 3 nitrogen and oxygen atoms in total. The summed E-state index contributed by atoms with van der Waals surface area (Å²) in [6.45, 7) is 3.72. The lowest BCUT2D eigenvalue weighted by molar-refractivity contribution is -0.115. The van der Waals surface area contributed by atoms with Gasteiger partial charge >= 0.3 is 0 Å². The summed E-state index contributed by atoms with van der Waals surface area (Å²) in [5.41, 5.74) is 1.72. The topological polar surface area (TPSA) is 21.7 Å². The van der Waals surface area contributed by atoms with Gasteiger partial charge < -0.3 is 14.4 Å². The predicted octanol–water partition coefficient (Wildman–Crippen LogP) is 4.12. The third-order valence-electron chi connectivity index (χ3n) is 4.20. The van der Waals surface area contributed by atoms with Crippen molar-refractivity contribution in [3.05, 3.63) is 28.0 Å². The molecule has 0 aromatic heterocycles. The van der Waals surface area contributed by atoms with E-state index in [1.54, 1.807) is 20.3 Å². The van der Waals surface area contributed by atoms with Crippen molar-refractivity contribution in [1.29, 1.82) is 0 Å². The molecular weight excluding hydrogens is 337 g/mol. The Morgan fingerprint density at radius 3 is 2.43 bits per heavy atom. The molecule has 1 aromatic rings. The molecule has 0 aliphatic carbocycles. The molecule has 1 aliphatic rings. The van der Waals surface area contributed by atoms with Gasteiger partial charge in [-0.3, -0.25) is 0 Å². The van der Waals surface area contributed by atoms with Gasteiger partial charge in [-0.15, -0.1) is 0 Å². The second-order valence-electron chi connectivity index (χ2n) is 5.62. The molecule has 0 spiro atoms. The number of halogens is 2. The molecule has 0 atom stereocenters. The second kappa shape index (κ2) is 7.56. The highest BCUT2D eigenvalue weighted by molar-refractivity contribution is 9.10. The van der Waals surface area contributed by atoms with Crippen molar-refractivity contribution >= 4 is 21.6 Å². The lowest BCUT2D eigenvalue weighted by atomic mass is 9.92. The summed E-state index contributed by atoms with van der Waals surface area (Å²) in [6, 6.07) is 3.51. The summed E-state index contributed by atoms with van der Waals surface area (Å²) in [7, 11) is 3.34. The van der Waals surface area contributed by atoms with Crippen LogP contribution in [0, 0.1) is 18.7 Å². The van der Waals surface area contributed by atoms with Crippen LogP contribution in [-0.4, -0.2) is 33.6 Å². The van der Waals surface area contributed by atoms with Gasteiger partial charge in [0, 0.05) is 38.2 Å². The average molecular weight is 360 g/mol. The average Bonchev–Trinajstić information content (AvgIpc) is 2.45. The fourth-order valence-electron chi connectivity index (χ4n) is 3.05. The van der Waals surface area contributed by atoms with E-state index in [4.69, 9.17) is 9.47 Å². The van der Waals surface area contributed by atoms with Crippen LogP contribution in [0.1, 0.15) is 24.8 Å². The molecule has 1 heterocycles. The maximum Gasteiger partial charge on any atom is 0.157 e. The van der Waals surface area contributed by atoms with E-state index >= 15 is 0 Å². The molecule has 0 amide bonds. The predicted molar refractivity (Wildman–Crippen MR) is 86.2 cm³/mol. The van der Waals surface area contributed by atoms with E-state index < -0.39 is 0 Å². The molecule has 118 valence electrons. The lowest BCUT2D eigenvalue weighted by Crippen LogP contribution is -2.36. The number of anilines is 1. The second-order valence-corrected chi connectivity index (χ2v) is 6.54. The van der Waals surface area contributed by atoms with Crippen LogP contribution in [-0.2, 0) is 9.47 Å². The van der Waals surface area contributed by atoms with Gasteiger partial charge in [0.05, 0.1) is 5.69 Å². The molecule has 2 rings (SSSR count). The van der Waals surface area contributed by atoms with Gasteiger partial charge in [-0.2, -0.15) is 0 Å². The molecule has 0 radical (unpaired) electrons. The van der Waals surface area contributed by atoms with E-state index in [1.807, 2.05) is 13.0 Å². The highest BCUT2D eigenvalue weighted by Crippen LogP contribution is 2.32. The van der Waals surface area contributed by atoms with Crippen LogP contribution in [0.3, 0.4) is 0 Å². The van der Waals surface area contributed by atoms with Gasteiger partial charge in [0.25, 0.3) is 0 Å². The summed E-state index contributed by atoms with van der Waals surface area (Å²) in [5.74, 6) is 0.428. The first-order valence-corrected chi connectivity index (χ1v) is 8.10. The maximum absolute atomic E-state index is 14.2. The smallest absolute Gasteiger partial charge is 0.157 e. The van der Waals surface area contributed by atoms with E-state index in [2.05, 4.69) is 20.8 Å². The first-order chi connectivity index (χ1) is 10.0. The minimum atomic E-state index is -0.146. The minimum absolute atomic E-state index is 0.132. The molecule has 1 saturated heterocycles. The van der Waals surface area contributed by atoms with E-state index in [0.717, 1.165) is 48.1 Å². The Bertz CT molecular complexity index is 448. The van der Waals surface area contributed by atoms with Crippen molar-refractivity contribution in [1.82, 2.24) is 0 Å². The van der Waals surface area contributed by atoms with Crippen LogP contribution >= 0.6 is 15.9 Å². The van der Waals surface area contributed by atoms with E-state index in [1.165, 1.54) is 0 Å². The Labute approximate surface area is 134 Å². The van der Waals surface area contributed by atoms with Crippen LogP contribution < -0.4 is 4.90 Å². The van der Waals surface area contributed by atoms with E-state index in [0.29, 0.717) is 5.92 Å². The van der Waals surface area contributed by atoms with Gasteiger partial charge in [0.15, 0.2) is 6.29 Å². The van der Waals surface area contributed by atoms with Crippen molar-refractivity contribution in [2.75, 3.05) is 32.2 Å². The highest BCUT2D eigenvalue weighted by atomic mass is 79.9. The third kappa shape index (κ3) is 4.18. The quantitative estimate of drug-likeness (QED) is 0.738. The fourth-order valence-corrected chi connectivity index (χ4v) is 3.59. The standard InChI is InChI=1S/C16H23BrFNO2/c1-11-8-13(17)10-14(18)16(11)19-6-4-12(5-7-19)9-15(20-2)21-3/h8,10,12,15H,4-7,9H2,1-3H3. The van der Waals surface area contributed by atoms with Crippen molar-refractivity contribution in [3.8, 4) is 0 Å². The number of piperidine rings is 1. The molecular formula is C16H23BrFNO2. The summed E-state index contributed by atoms with van der Waals surface area (Å²) < 4.78 is 25.5. The van der Waals surface area contributed by atoms with Gasteiger partial charge in [0.1, 0.15) is 5.82 Å². The van der Waals surface area contributed by atoms with Crippen LogP contribution in [0.25, 0.3) is 0 Å². The molecule has 21 heavy (non-hydrogen) atoms. The number of benzene rings is 1. The van der Waals surface area contributed by atoms with Gasteiger partial charge in [-0.25, -0.2) is 4.39 Å². The van der Waals surface area contributed by atoms with Crippen LogP contribution in [0.5, 0.6) is 0 Å². The van der Waals surface area contributed by atoms with Gasteiger partial charge in [-0.05, 0) is 43.4 Å². The maximum atomic E-state index is 14.2. The summed E-state index contributed by atoms with van der Waals surface area (Å²) in [5, 5.41) is 0.